The fourth-order valence-corrected chi connectivity index (χ4v) is 3.19. The summed E-state index contributed by atoms with van der Waals surface area (Å²) in [6.07, 6.45) is 5.98. The van der Waals surface area contributed by atoms with Crippen LogP contribution in [0.25, 0.3) is 0 Å². The maximum atomic E-state index is 11.8. The minimum atomic E-state index is -0.416. The Morgan fingerprint density at radius 2 is 2.14 bits per heavy atom. The highest BCUT2D eigenvalue weighted by Crippen LogP contribution is 2.18. The number of aromatic nitrogens is 3. The Hall–Kier alpha value is -1.83. The van der Waals surface area contributed by atoms with Crippen LogP contribution in [0.15, 0.2) is 17.8 Å². The van der Waals surface area contributed by atoms with Crippen LogP contribution in [0.1, 0.15) is 31.5 Å². The quantitative estimate of drug-likeness (QED) is 0.613. The first-order chi connectivity index (χ1) is 10.6. The number of urea groups is 1. The summed E-state index contributed by atoms with van der Waals surface area (Å²) >= 11 is 1.25. The maximum absolute atomic E-state index is 11.8. The molecule has 0 unspecified atom stereocenters. The van der Waals surface area contributed by atoms with Crippen molar-refractivity contribution in [3.63, 3.8) is 0 Å². The van der Waals surface area contributed by atoms with Gasteiger partial charge in [-0.05, 0) is 19.8 Å². The fraction of sp³-hybridized carbons (Fsp3) is 0.571. The second-order valence-corrected chi connectivity index (χ2v) is 6.16. The van der Waals surface area contributed by atoms with E-state index in [4.69, 9.17) is 0 Å². The molecule has 1 fully saturated rings. The van der Waals surface area contributed by atoms with Crippen molar-refractivity contribution in [3.8, 4) is 0 Å². The van der Waals surface area contributed by atoms with Gasteiger partial charge in [0.05, 0.1) is 5.75 Å². The largest absolute Gasteiger partial charge is 0.335 e. The molecular formula is C14H21N5O2S. The van der Waals surface area contributed by atoms with Gasteiger partial charge >= 0.3 is 6.03 Å². The molecular weight excluding hydrogens is 302 g/mol. The summed E-state index contributed by atoms with van der Waals surface area (Å²) < 4.78 is 1.86. The van der Waals surface area contributed by atoms with Gasteiger partial charge in [-0.1, -0.05) is 30.7 Å². The van der Waals surface area contributed by atoms with E-state index in [9.17, 15) is 9.59 Å². The first-order valence-electron chi connectivity index (χ1n) is 7.34. The molecule has 8 heteroatoms. The smallest absolute Gasteiger partial charge is 0.321 e. The molecule has 1 aliphatic rings. The summed E-state index contributed by atoms with van der Waals surface area (Å²) in [5, 5.41) is 13.8. The summed E-state index contributed by atoms with van der Waals surface area (Å²) in [4.78, 5) is 23.5. The van der Waals surface area contributed by atoms with Gasteiger partial charge in [0.25, 0.3) is 0 Å². The van der Waals surface area contributed by atoms with Gasteiger partial charge < -0.3 is 9.88 Å². The molecule has 1 aliphatic carbocycles. The third-order valence-corrected chi connectivity index (χ3v) is 4.46. The van der Waals surface area contributed by atoms with E-state index in [1.807, 2.05) is 11.5 Å². The summed E-state index contributed by atoms with van der Waals surface area (Å²) in [6.45, 7) is 6.11. The monoisotopic (exact) mass is 323 g/mol. The lowest BCUT2D eigenvalue weighted by molar-refractivity contribution is -0.117. The van der Waals surface area contributed by atoms with Gasteiger partial charge in [0.1, 0.15) is 5.82 Å². The molecule has 0 bridgehead atoms. The number of aryl methyl sites for hydroxylation is 1. The number of nitrogens with zero attached hydrogens (tertiary/aromatic N) is 3. The second kappa shape index (κ2) is 7.98. The van der Waals surface area contributed by atoms with Gasteiger partial charge in [0, 0.05) is 12.6 Å². The van der Waals surface area contributed by atoms with Crippen LogP contribution in [0.2, 0.25) is 0 Å². The average Bonchev–Trinajstić information content (AvgIpc) is 3.09. The molecule has 1 aromatic rings. The van der Waals surface area contributed by atoms with Crippen LogP contribution in [-0.4, -0.2) is 38.5 Å². The van der Waals surface area contributed by atoms with Crippen LogP contribution in [0.4, 0.5) is 4.79 Å². The summed E-state index contributed by atoms with van der Waals surface area (Å²) in [7, 11) is 0. The van der Waals surface area contributed by atoms with Crippen molar-refractivity contribution in [1.82, 2.24) is 25.4 Å². The Kier molecular flexibility index (Phi) is 6.00. The van der Waals surface area contributed by atoms with Crippen LogP contribution >= 0.6 is 11.8 Å². The molecule has 0 atom stereocenters. The maximum Gasteiger partial charge on any atom is 0.321 e. The first kappa shape index (κ1) is 16.5. The van der Waals surface area contributed by atoms with Crippen LogP contribution in [-0.2, 0) is 11.3 Å². The van der Waals surface area contributed by atoms with E-state index in [1.165, 1.54) is 11.8 Å². The highest BCUT2D eigenvalue weighted by molar-refractivity contribution is 7.99. The highest BCUT2D eigenvalue weighted by Gasteiger charge is 2.18. The molecule has 3 amide bonds. The molecule has 1 aromatic heterocycles. The predicted molar refractivity (Wildman–Crippen MR) is 84.6 cm³/mol. The average molecular weight is 323 g/mol. The van der Waals surface area contributed by atoms with E-state index in [1.54, 1.807) is 6.08 Å². The topological polar surface area (TPSA) is 88.9 Å². The molecule has 0 aliphatic heterocycles. The summed E-state index contributed by atoms with van der Waals surface area (Å²) in [5.41, 5.74) is 0. The van der Waals surface area contributed by atoms with Gasteiger partial charge in [-0.2, -0.15) is 0 Å². The number of carbonyl (C=O) groups excluding carboxylic acids is 2. The Morgan fingerprint density at radius 3 is 2.82 bits per heavy atom. The zero-order valence-corrected chi connectivity index (χ0v) is 13.5. The lowest BCUT2D eigenvalue weighted by Crippen LogP contribution is -2.44. The molecule has 1 heterocycles. The molecule has 2 N–H and O–H groups in total. The zero-order chi connectivity index (χ0) is 15.9. The molecule has 0 saturated heterocycles. The normalized spacial score (nSPS) is 14.8. The van der Waals surface area contributed by atoms with Gasteiger partial charge in [-0.15, -0.1) is 16.8 Å². The number of thioether (sulfide) groups is 1. The highest BCUT2D eigenvalue weighted by atomic mass is 32.2. The molecule has 0 aromatic carbocycles. The number of hydrogen-bond acceptors (Lipinski definition) is 5. The van der Waals surface area contributed by atoms with Crippen molar-refractivity contribution >= 4 is 23.7 Å². The molecule has 2 rings (SSSR count). The van der Waals surface area contributed by atoms with Crippen molar-refractivity contribution in [1.29, 1.82) is 0 Å². The van der Waals surface area contributed by atoms with Crippen molar-refractivity contribution in [3.05, 3.63) is 18.5 Å². The van der Waals surface area contributed by atoms with E-state index >= 15 is 0 Å². The molecule has 0 radical (unpaired) electrons. The van der Waals surface area contributed by atoms with Crippen LogP contribution in [0, 0.1) is 6.92 Å². The van der Waals surface area contributed by atoms with E-state index in [0.717, 1.165) is 31.5 Å². The lowest BCUT2D eigenvalue weighted by Gasteiger charge is -2.12. The molecule has 120 valence electrons. The minimum Gasteiger partial charge on any atom is -0.335 e. The van der Waals surface area contributed by atoms with E-state index in [2.05, 4.69) is 27.4 Å². The Bertz CT molecular complexity index is 551. The van der Waals surface area contributed by atoms with Crippen molar-refractivity contribution in [2.24, 2.45) is 0 Å². The van der Waals surface area contributed by atoms with Gasteiger partial charge in [0.2, 0.25) is 5.91 Å². The molecule has 22 heavy (non-hydrogen) atoms. The third-order valence-electron chi connectivity index (χ3n) is 3.49. The second-order valence-electron chi connectivity index (χ2n) is 5.22. The standard InChI is InChI=1S/C14H21N5O2S/c1-3-8-19-10(2)17-18-14(19)22-9-12(20)16-13(21)15-11-6-4-5-7-11/h3,11H,1,4-9H2,2H3,(H2,15,16,20,21). The minimum absolute atomic E-state index is 0.118. The number of imide groups is 1. The molecule has 1 saturated carbocycles. The van der Waals surface area contributed by atoms with Gasteiger partial charge in [-0.25, -0.2) is 4.79 Å². The molecule has 0 spiro atoms. The van der Waals surface area contributed by atoms with Crippen LogP contribution in [0.3, 0.4) is 0 Å². The number of allylic oxidation sites excluding steroid dienone is 1. The Morgan fingerprint density at radius 1 is 1.41 bits per heavy atom. The predicted octanol–water partition coefficient (Wildman–Crippen LogP) is 1.63. The third kappa shape index (κ3) is 4.59. The Labute approximate surface area is 133 Å². The number of hydrogen-bond donors (Lipinski definition) is 2. The lowest BCUT2D eigenvalue weighted by atomic mass is 10.2. The van der Waals surface area contributed by atoms with E-state index in [-0.39, 0.29) is 17.7 Å². The number of nitrogens with one attached hydrogen (secondary N) is 2. The number of rotatable bonds is 6. The van der Waals surface area contributed by atoms with Crippen molar-refractivity contribution in [2.75, 3.05) is 5.75 Å². The summed E-state index contributed by atoms with van der Waals surface area (Å²) in [5.74, 6) is 0.543. The Balaban J connectivity index is 1.77. The summed E-state index contributed by atoms with van der Waals surface area (Å²) in [6, 6.07) is -0.222. The zero-order valence-electron chi connectivity index (χ0n) is 12.7. The first-order valence-corrected chi connectivity index (χ1v) is 8.32. The van der Waals surface area contributed by atoms with Crippen molar-refractivity contribution < 1.29 is 9.59 Å². The SMILES string of the molecule is C=CCn1c(C)nnc1SCC(=O)NC(=O)NC1CCCC1. The fourth-order valence-electron chi connectivity index (χ4n) is 2.39. The van der Waals surface area contributed by atoms with Crippen LogP contribution < -0.4 is 10.6 Å². The van der Waals surface area contributed by atoms with E-state index < -0.39 is 6.03 Å². The van der Waals surface area contributed by atoms with Crippen LogP contribution in [0.5, 0.6) is 0 Å². The van der Waals surface area contributed by atoms with E-state index in [0.29, 0.717) is 11.7 Å². The van der Waals surface area contributed by atoms with Gasteiger partial charge in [-0.3, -0.25) is 10.1 Å². The van der Waals surface area contributed by atoms with Crippen molar-refractivity contribution in [2.45, 2.75) is 50.4 Å². The number of amides is 3. The van der Waals surface area contributed by atoms with Gasteiger partial charge in [0.15, 0.2) is 5.16 Å². The number of carbonyl (C=O) groups is 2. The molecule has 7 nitrogen and oxygen atoms in total.